The third kappa shape index (κ3) is 28.5. The maximum atomic E-state index is 13.5. The molecule has 10 nitrogen and oxygen atoms in total. The lowest BCUT2D eigenvalue weighted by molar-refractivity contribution is -0.140. The van der Waals surface area contributed by atoms with Gasteiger partial charge in [-0.05, 0) is 64.7 Å². The van der Waals surface area contributed by atoms with Crippen LogP contribution in [0.2, 0.25) is 0 Å². The van der Waals surface area contributed by atoms with Crippen molar-refractivity contribution in [3.05, 3.63) is 0 Å². The molecule has 318 valence electrons. The molecule has 0 atom stereocenters. The van der Waals surface area contributed by atoms with Gasteiger partial charge in [0.15, 0.2) is 0 Å². The first-order chi connectivity index (χ1) is 26.4. The van der Waals surface area contributed by atoms with E-state index in [0.29, 0.717) is 45.9 Å². The highest BCUT2D eigenvalue weighted by Crippen LogP contribution is 2.12. The number of nitrogens with zero attached hydrogens (tertiary/aromatic N) is 4. The van der Waals surface area contributed by atoms with E-state index in [9.17, 15) is 14.4 Å². The Bertz CT molecular complexity index is 885. The minimum Gasteiger partial charge on any atom is -0.438 e. The third-order valence-electron chi connectivity index (χ3n) is 10.9. The highest BCUT2D eigenvalue weighted by atomic mass is 16.7. The van der Waals surface area contributed by atoms with Crippen LogP contribution in [0.15, 0.2) is 0 Å². The summed E-state index contributed by atoms with van der Waals surface area (Å²) in [6.07, 6.45) is 29.0. The summed E-state index contributed by atoms with van der Waals surface area (Å²) in [5.74, 6) is 0.375. The summed E-state index contributed by atoms with van der Waals surface area (Å²) in [5, 5.41) is 3.65. The fraction of sp³-hybridized carbons (Fsp3) is 0.932. The average Bonchev–Trinajstić information content (AvgIpc) is 3.18. The predicted octanol–water partition coefficient (Wildman–Crippen LogP) is 9.06. The first-order valence-corrected chi connectivity index (χ1v) is 22.9. The van der Waals surface area contributed by atoms with Crippen molar-refractivity contribution < 1.29 is 23.9 Å². The van der Waals surface area contributed by atoms with E-state index in [4.69, 9.17) is 4.74 Å². The number of rotatable bonds is 37. The molecular weight excluding hydrogens is 679 g/mol. The van der Waals surface area contributed by atoms with Gasteiger partial charge in [0.2, 0.25) is 11.8 Å². The Morgan fingerprint density at radius 1 is 0.481 bits per heavy atom. The van der Waals surface area contributed by atoms with Gasteiger partial charge in [0.05, 0.1) is 26.8 Å². The van der Waals surface area contributed by atoms with Crippen molar-refractivity contribution in [2.24, 2.45) is 0 Å². The van der Waals surface area contributed by atoms with Crippen LogP contribution in [0.25, 0.3) is 0 Å². The second kappa shape index (κ2) is 36.7. The van der Waals surface area contributed by atoms with Gasteiger partial charge in [-0.25, -0.2) is 4.79 Å². The monoisotopic (exact) mass is 766 g/mol. The largest absolute Gasteiger partial charge is 0.507 e. The lowest BCUT2D eigenvalue weighted by Gasteiger charge is -2.37. The molecule has 0 aliphatic carbocycles. The maximum absolute atomic E-state index is 13.5. The summed E-state index contributed by atoms with van der Waals surface area (Å²) in [6, 6.07) is 0. The standard InChI is InChI=1S/C44H87N5O5/c1-5-8-11-14-17-20-24-29-45-30-34-47(33-26-22-19-16-13-10-7-3)41-43(51)49-37-35-48(36-38-49)42(50)40-46(31-25-21-18-15-12-9-6-2)32-27-23-28-39-54-44(52)53-4/h45H,5-41H2,1-4H3. The van der Waals surface area contributed by atoms with Crippen molar-refractivity contribution in [1.82, 2.24) is 24.9 Å². The van der Waals surface area contributed by atoms with Crippen LogP contribution in [0.3, 0.4) is 0 Å². The van der Waals surface area contributed by atoms with Gasteiger partial charge in [0.25, 0.3) is 0 Å². The van der Waals surface area contributed by atoms with E-state index < -0.39 is 6.16 Å². The Hall–Kier alpha value is -1.91. The van der Waals surface area contributed by atoms with Gasteiger partial charge in [0.1, 0.15) is 0 Å². The molecule has 0 aromatic carbocycles. The SMILES string of the molecule is CCCCCCCCCNCCN(CCCCCCCCC)CC(=O)N1CCN(C(=O)CN(CCCCCCCCC)CCCCCOC(=O)OC)CC1. The summed E-state index contributed by atoms with van der Waals surface area (Å²) in [6.45, 7) is 16.2. The van der Waals surface area contributed by atoms with Gasteiger partial charge in [-0.2, -0.15) is 0 Å². The number of carbonyl (C=O) groups excluding carboxylic acids is 3. The molecule has 0 aromatic heterocycles. The molecule has 1 N–H and O–H groups in total. The molecule has 1 aliphatic rings. The maximum Gasteiger partial charge on any atom is 0.507 e. The molecule has 54 heavy (non-hydrogen) atoms. The number of piperazine rings is 1. The number of unbranched alkanes of at least 4 members (excludes halogenated alkanes) is 20. The number of methoxy groups -OCH3 is 1. The van der Waals surface area contributed by atoms with Crippen LogP contribution in [0, 0.1) is 0 Å². The predicted molar refractivity (Wildman–Crippen MR) is 225 cm³/mol. The van der Waals surface area contributed by atoms with E-state index in [1.807, 2.05) is 9.80 Å². The summed E-state index contributed by atoms with van der Waals surface area (Å²) in [4.78, 5) is 46.9. The van der Waals surface area contributed by atoms with Crippen LogP contribution in [0.1, 0.15) is 175 Å². The Morgan fingerprint density at radius 3 is 1.28 bits per heavy atom. The molecule has 1 fully saturated rings. The zero-order valence-electron chi connectivity index (χ0n) is 36.0. The molecule has 0 unspecified atom stereocenters. The van der Waals surface area contributed by atoms with Crippen LogP contribution >= 0.6 is 0 Å². The first-order valence-electron chi connectivity index (χ1n) is 22.9. The average molecular weight is 766 g/mol. The number of amides is 2. The highest BCUT2D eigenvalue weighted by molar-refractivity contribution is 5.80. The topological polar surface area (TPSA) is 94.7 Å². The van der Waals surface area contributed by atoms with E-state index in [0.717, 1.165) is 71.4 Å². The van der Waals surface area contributed by atoms with Crippen LogP contribution in [-0.4, -0.2) is 130 Å². The van der Waals surface area contributed by atoms with Gasteiger partial charge in [-0.15, -0.1) is 0 Å². The number of hydrogen-bond acceptors (Lipinski definition) is 8. The van der Waals surface area contributed by atoms with Crippen LogP contribution < -0.4 is 5.32 Å². The zero-order chi connectivity index (χ0) is 39.3. The lowest BCUT2D eigenvalue weighted by Crippen LogP contribution is -2.54. The molecule has 0 bridgehead atoms. The summed E-state index contributed by atoms with van der Waals surface area (Å²) in [7, 11) is 1.32. The molecular formula is C44H87N5O5. The van der Waals surface area contributed by atoms with Crippen molar-refractivity contribution in [3.8, 4) is 0 Å². The van der Waals surface area contributed by atoms with Crippen molar-refractivity contribution in [2.75, 3.05) is 92.3 Å². The van der Waals surface area contributed by atoms with Crippen molar-refractivity contribution in [2.45, 2.75) is 175 Å². The number of carbonyl (C=O) groups is 3. The Balaban J connectivity index is 2.54. The van der Waals surface area contributed by atoms with Crippen molar-refractivity contribution >= 4 is 18.0 Å². The fourth-order valence-electron chi connectivity index (χ4n) is 7.31. The molecule has 1 aliphatic heterocycles. The second-order valence-electron chi connectivity index (χ2n) is 15.8. The molecule has 10 heteroatoms. The van der Waals surface area contributed by atoms with E-state index in [1.165, 1.54) is 129 Å². The molecule has 1 heterocycles. The third-order valence-corrected chi connectivity index (χ3v) is 10.9. The molecule has 1 rings (SSSR count). The fourth-order valence-corrected chi connectivity index (χ4v) is 7.31. The summed E-state index contributed by atoms with van der Waals surface area (Å²) in [5.41, 5.74) is 0. The molecule has 0 aromatic rings. The van der Waals surface area contributed by atoms with E-state index in [-0.39, 0.29) is 11.8 Å². The van der Waals surface area contributed by atoms with E-state index in [1.54, 1.807) is 0 Å². The molecule has 0 spiro atoms. The first kappa shape index (κ1) is 50.1. The van der Waals surface area contributed by atoms with Crippen LogP contribution in [-0.2, 0) is 19.1 Å². The minimum absolute atomic E-state index is 0.173. The van der Waals surface area contributed by atoms with E-state index in [2.05, 4.69) is 40.6 Å². The van der Waals surface area contributed by atoms with Crippen molar-refractivity contribution in [3.63, 3.8) is 0 Å². The molecule has 0 saturated carbocycles. The van der Waals surface area contributed by atoms with E-state index >= 15 is 0 Å². The zero-order valence-corrected chi connectivity index (χ0v) is 36.0. The Morgan fingerprint density at radius 2 is 0.852 bits per heavy atom. The Kier molecular flexibility index (Phi) is 34.1. The van der Waals surface area contributed by atoms with Gasteiger partial charge in [-0.1, -0.05) is 136 Å². The number of ether oxygens (including phenoxy) is 2. The molecule has 2 amide bonds. The van der Waals surface area contributed by atoms with Crippen LogP contribution in [0.4, 0.5) is 4.79 Å². The normalized spacial score (nSPS) is 13.3. The summed E-state index contributed by atoms with van der Waals surface area (Å²) >= 11 is 0. The van der Waals surface area contributed by atoms with Crippen LogP contribution in [0.5, 0.6) is 0 Å². The lowest BCUT2D eigenvalue weighted by atomic mass is 10.1. The second-order valence-corrected chi connectivity index (χ2v) is 15.8. The van der Waals surface area contributed by atoms with Gasteiger partial charge in [0, 0.05) is 39.3 Å². The Labute approximate surface area is 333 Å². The van der Waals surface area contributed by atoms with Gasteiger partial charge in [-0.3, -0.25) is 19.4 Å². The molecule has 1 saturated heterocycles. The number of hydrogen-bond donors (Lipinski definition) is 1. The highest BCUT2D eigenvalue weighted by Gasteiger charge is 2.26. The summed E-state index contributed by atoms with van der Waals surface area (Å²) < 4.78 is 9.57. The van der Waals surface area contributed by atoms with Gasteiger partial charge >= 0.3 is 6.16 Å². The quantitative estimate of drug-likeness (QED) is 0.0495. The minimum atomic E-state index is -0.634. The smallest absolute Gasteiger partial charge is 0.438 e. The number of nitrogens with one attached hydrogen (secondary N) is 1. The van der Waals surface area contributed by atoms with Gasteiger partial charge < -0.3 is 24.6 Å². The van der Waals surface area contributed by atoms with Crippen molar-refractivity contribution in [1.29, 1.82) is 0 Å². The molecule has 0 radical (unpaired) electrons.